The van der Waals surface area contributed by atoms with Crippen molar-refractivity contribution in [2.45, 2.75) is 5.38 Å². The highest BCUT2D eigenvalue weighted by molar-refractivity contribution is 6.42. The molecule has 1 atom stereocenters. The van der Waals surface area contributed by atoms with Gasteiger partial charge in [-0.25, -0.2) is 4.79 Å². The molecule has 0 aliphatic heterocycles. The molecule has 62 valence electrons. The fourth-order valence-electron chi connectivity index (χ4n) is 0.271. The minimum Gasteiger partial charge on any atom is -0.480 e. The molecular weight excluding hydrogens is 195 g/mol. The van der Waals surface area contributed by atoms with Crippen LogP contribution in [0.4, 0.5) is 0 Å². The minimum atomic E-state index is -1.40. The van der Waals surface area contributed by atoms with E-state index in [0.717, 1.165) is 6.08 Å². The zero-order chi connectivity index (χ0) is 9.02. The summed E-state index contributed by atoms with van der Waals surface area (Å²) in [5, 5.41) is 14.3. The Morgan fingerprint density at radius 3 is 2.09 bits per heavy atom. The maximum absolute atomic E-state index is 10.0. The van der Waals surface area contributed by atoms with E-state index in [-0.39, 0.29) is 0 Å². The molecule has 4 nitrogen and oxygen atoms in total. The van der Waals surface area contributed by atoms with Gasteiger partial charge in [0.2, 0.25) is 0 Å². The fraction of sp³-hybridized carbons (Fsp3) is 0.200. The Morgan fingerprint density at radius 1 is 1.36 bits per heavy atom. The highest BCUT2D eigenvalue weighted by atomic mass is 35.5. The Labute approximate surface area is 72.0 Å². The second-order valence-electron chi connectivity index (χ2n) is 1.56. The fourth-order valence-corrected chi connectivity index (χ4v) is 0.588. The second kappa shape index (κ2) is 4.20. The van der Waals surface area contributed by atoms with E-state index >= 15 is 0 Å². The van der Waals surface area contributed by atoms with Crippen molar-refractivity contribution in [2.75, 3.05) is 0 Å². The number of halogens is 2. The van der Waals surface area contributed by atoms with Gasteiger partial charge in [-0.15, -0.1) is 11.6 Å². The second-order valence-corrected chi connectivity index (χ2v) is 2.44. The number of hydrogen-bond acceptors (Lipinski definition) is 2. The van der Waals surface area contributed by atoms with Crippen molar-refractivity contribution in [3.05, 3.63) is 11.1 Å². The van der Waals surface area contributed by atoms with Gasteiger partial charge in [-0.05, 0) is 6.08 Å². The van der Waals surface area contributed by atoms with Gasteiger partial charge in [0.1, 0.15) is 5.03 Å². The van der Waals surface area contributed by atoms with Crippen LogP contribution < -0.4 is 0 Å². The van der Waals surface area contributed by atoms with Crippen molar-refractivity contribution in [2.24, 2.45) is 0 Å². The molecule has 0 aliphatic rings. The summed E-state index contributed by atoms with van der Waals surface area (Å²) >= 11 is 10.2. The molecule has 0 saturated heterocycles. The largest absolute Gasteiger partial charge is 0.480 e. The third kappa shape index (κ3) is 3.85. The standard InChI is InChI=1S/C5H4Cl2O4/c6-2(4(8)9)1-3(7)5(10)11/h1-2H,(H,8,9)(H,10,11). The molecule has 0 aromatic rings. The summed E-state index contributed by atoms with van der Waals surface area (Å²) in [5.74, 6) is -2.75. The van der Waals surface area contributed by atoms with Gasteiger partial charge in [0, 0.05) is 0 Å². The number of alkyl halides is 1. The number of carboxylic acids is 2. The molecule has 2 N–H and O–H groups in total. The molecule has 6 heteroatoms. The first-order valence-electron chi connectivity index (χ1n) is 2.42. The van der Waals surface area contributed by atoms with Crippen molar-refractivity contribution >= 4 is 35.1 Å². The quantitative estimate of drug-likeness (QED) is 0.522. The third-order valence-corrected chi connectivity index (χ3v) is 1.33. The third-order valence-electron chi connectivity index (χ3n) is 0.733. The lowest BCUT2D eigenvalue weighted by molar-refractivity contribution is -0.135. The Bertz CT molecular complexity index is 211. The maximum atomic E-state index is 10.0. The molecule has 0 rings (SSSR count). The Balaban J connectivity index is 4.31. The lowest BCUT2D eigenvalue weighted by Gasteiger charge is -1.95. The summed E-state index contributed by atoms with van der Waals surface area (Å²) in [6, 6.07) is 0. The number of rotatable bonds is 3. The van der Waals surface area contributed by atoms with Crippen molar-refractivity contribution in [3.63, 3.8) is 0 Å². The van der Waals surface area contributed by atoms with Crippen LogP contribution in [0.1, 0.15) is 0 Å². The van der Waals surface area contributed by atoms with Crippen LogP contribution in [-0.2, 0) is 9.59 Å². The molecule has 11 heavy (non-hydrogen) atoms. The Kier molecular flexibility index (Phi) is 3.92. The van der Waals surface area contributed by atoms with E-state index in [0.29, 0.717) is 0 Å². The molecular formula is C5H4Cl2O4. The highest BCUT2D eigenvalue weighted by Crippen LogP contribution is 2.07. The van der Waals surface area contributed by atoms with Gasteiger partial charge in [0.05, 0.1) is 0 Å². The van der Waals surface area contributed by atoms with E-state index in [1.807, 2.05) is 0 Å². The molecule has 0 bridgehead atoms. The summed E-state index contributed by atoms with van der Waals surface area (Å²) in [6.45, 7) is 0. The summed E-state index contributed by atoms with van der Waals surface area (Å²) in [5.41, 5.74) is 0. The molecule has 0 spiro atoms. The molecule has 1 unspecified atom stereocenters. The van der Waals surface area contributed by atoms with Crippen molar-refractivity contribution in [1.82, 2.24) is 0 Å². The average molecular weight is 199 g/mol. The predicted octanol–water partition coefficient (Wildman–Crippen LogP) is 0.886. The molecule has 0 amide bonds. The first kappa shape index (κ1) is 10.3. The van der Waals surface area contributed by atoms with Crippen molar-refractivity contribution in [3.8, 4) is 0 Å². The van der Waals surface area contributed by atoms with Gasteiger partial charge in [-0.1, -0.05) is 11.6 Å². The molecule has 0 radical (unpaired) electrons. The maximum Gasteiger partial charge on any atom is 0.347 e. The van der Waals surface area contributed by atoms with Gasteiger partial charge < -0.3 is 10.2 Å². The van der Waals surface area contributed by atoms with Gasteiger partial charge >= 0.3 is 11.9 Å². The number of carboxylic acid groups (broad SMARTS) is 2. The van der Waals surface area contributed by atoms with Crippen molar-refractivity contribution in [1.29, 1.82) is 0 Å². The first-order chi connectivity index (χ1) is 4.95. The van der Waals surface area contributed by atoms with E-state index in [4.69, 9.17) is 33.4 Å². The van der Waals surface area contributed by atoms with Gasteiger partial charge in [-0.3, -0.25) is 4.79 Å². The Morgan fingerprint density at radius 2 is 1.82 bits per heavy atom. The minimum absolute atomic E-state index is 0.604. The van der Waals surface area contributed by atoms with E-state index in [1.165, 1.54) is 0 Å². The zero-order valence-electron chi connectivity index (χ0n) is 5.12. The molecule has 0 fully saturated rings. The number of carbonyl (C=O) groups is 2. The number of aliphatic carboxylic acids is 2. The van der Waals surface area contributed by atoms with Crippen LogP contribution in [0.15, 0.2) is 11.1 Å². The van der Waals surface area contributed by atoms with Crippen LogP contribution in [0.25, 0.3) is 0 Å². The SMILES string of the molecule is O=C(O)C(Cl)=CC(Cl)C(=O)O. The molecule has 0 aromatic carbocycles. The summed E-state index contributed by atoms with van der Waals surface area (Å²) < 4.78 is 0. The zero-order valence-corrected chi connectivity index (χ0v) is 6.63. The molecule has 0 aromatic heterocycles. The van der Waals surface area contributed by atoms with Gasteiger partial charge in [0.15, 0.2) is 5.38 Å². The van der Waals surface area contributed by atoms with Crippen molar-refractivity contribution < 1.29 is 19.8 Å². The van der Waals surface area contributed by atoms with E-state index in [2.05, 4.69) is 0 Å². The van der Waals surface area contributed by atoms with Crippen LogP contribution in [0.3, 0.4) is 0 Å². The average Bonchev–Trinajstić information content (AvgIpc) is 1.87. The van der Waals surface area contributed by atoms with Crippen LogP contribution >= 0.6 is 23.2 Å². The van der Waals surface area contributed by atoms with E-state index < -0.39 is 22.3 Å². The summed E-state index contributed by atoms with van der Waals surface area (Å²) in [7, 11) is 0. The highest BCUT2D eigenvalue weighted by Gasteiger charge is 2.13. The topological polar surface area (TPSA) is 74.6 Å². The lowest BCUT2D eigenvalue weighted by atomic mass is 10.4. The summed E-state index contributed by atoms with van der Waals surface area (Å²) in [4.78, 5) is 20.0. The van der Waals surface area contributed by atoms with E-state index in [1.54, 1.807) is 0 Å². The molecule has 0 aliphatic carbocycles. The van der Waals surface area contributed by atoms with Gasteiger partial charge in [0.25, 0.3) is 0 Å². The Hall–Kier alpha value is -0.740. The molecule has 0 saturated carbocycles. The first-order valence-corrected chi connectivity index (χ1v) is 3.24. The van der Waals surface area contributed by atoms with Crippen LogP contribution in [0, 0.1) is 0 Å². The van der Waals surface area contributed by atoms with Gasteiger partial charge in [-0.2, -0.15) is 0 Å². The van der Waals surface area contributed by atoms with Crippen LogP contribution in [0.2, 0.25) is 0 Å². The monoisotopic (exact) mass is 198 g/mol. The normalized spacial score (nSPS) is 14.2. The smallest absolute Gasteiger partial charge is 0.347 e. The van der Waals surface area contributed by atoms with Crippen LogP contribution in [-0.4, -0.2) is 27.5 Å². The lowest BCUT2D eigenvalue weighted by Crippen LogP contribution is -2.11. The van der Waals surface area contributed by atoms with E-state index in [9.17, 15) is 9.59 Å². The number of hydrogen-bond donors (Lipinski definition) is 2. The predicted molar refractivity (Wildman–Crippen MR) is 38.8 cm³/mol. The van der Waals surface area contributed by atoms with Crippen LogP contribution in [0.5, 0.6) is 0 Å². The molecule has 0 heterocycles. The summed E-state index contributed by atoms with van der Waals surface area (Å²) in [6.07, 6.45) is 0.730.